The van der Waals surface area contributed by atoms with Gasteiger partial charge in [0.25, 0.3) is 0 Å². The zero-order valence-corrected chi connectivity index (χ0v) is 12.7. The largest absolute Gasteiger partial charge is 0.496 e. The van der Waals surface area contributed by atoms with E-state index in [0.717, 1.165) is 35.6 Å². The van der Waals surface area contributed by atoms with Crippen LogP contribution in [0.2, 0.25) is 0 Å². The Morgan fingerprint density at radius 2 is 2.00 bits per heavy atom. The maximum atomic E-state index is 12.1. The number of rotatable bonds is 4. The summed E-state index contributed by atoms with van der Waals surface area (Å²) in [6.45, 7) is 4.29. The number of ether oxygens (including phenoxy) is 1. The number of carbonyl (C=O) groups is 1. The van der Waals surface area contributed by atoms with E-state index < -0.39 is 0 Å². The number of methoxy groups -OCH3 is 1. The number of hydrogen-bond donors (Lipinski definition) is 1. The van der Waals surface area contributed by atoms with Gasteiger partial charge in [-0.05, 0) is 55.7 Å². The standard InChI is InChI=1S/C17H25NO2/c1-12-4-8-15(9-5-12)18-17(19)11-14-7-6-13(2)16(10-14)20-3/h6-7,10,12,15H,4-5,8-9,11H2,1-3H3,(H,18,19). The monoisotopic (exact) mass is 275 g/mol. The SMILES string of the molecule is COc1cc(CC(=O)NC2CCC(C)CC2)ccc1C. The van der Waals surface area contributed by atoms with E-state index in [2.05, 4.69) is 12.2 Å². The molecule has 1 aliphatic rings. The third kappa shape index (κ3) is 3.99. The van der Waals surface area contributed by atoms with E-state index >= 15 is 0 Å². The lowest BCUT2D eigenvalue weighted by Crippen LogP contribution is -2.38. The average molecular weight is 275 g/mol. The van der Waals surface area contributed by atoms with Crippen molar-refractivity contribution in [3.05, 3.63) is 29.3 Å². The maximum Gasteiger partial charge on any atom is 0.224 e. The van der Waals surface area contributed by atoms with Crippen molar-refractivity contribution in [3.63, 3.8) is 0 Å². The summed E-state index contributed by atoms with van der Waals surface area (Å²) in [4.78, 5) is 12.1. The predicted octanol–water partition coefficient (Wildman–Crippen LogP) is 3.24. The molecule has 1 aromatic carbocycles. The Morgan fingerprint density at radius 1 is 1.30 bits per heavy atom. The molecule has 1 amide bonds. The Labute approximate surface area is 121 Å². The van der Waals surface area contributed by atoms with E-state index in [4.69, 9.17) is 4.74 Å². The average Bonchev–Trinajstić information content (AvgIpc) is 2.43. The van der Waals surface area contributed by atoms with Crippen LogP contribution in [0.25, 0.3) is 0 Å². The molecular weight excluding hydrogens is 250 g/mol. The van der Waals surface area contributed by atoms with Gasteiger partial charge < -0.3 is 10.1 Å². The maximum absolute atomic E-state index is 12.1. The number of carbonyl (C=O) groups excluding carboxylic acids is 1. The second-order valence-electron chi connectivity index (χ2n) is 6.01. The third-order valence-electron chi connectivity index (χ3n) is 4.22. The molecule has 2 rings (SSSR count). The van der Waals surface area contributed by atoms with Gasteiger partial charge in [0.1, 0.15) is 5.75 Å². The van der Waals surface area contributed by atoms with Crippen LogP contribution in [-0.4, -0.2) is 19.1 Å². The second kappa shape index (κ2) is 6.78. The fourth-order valence-electron chi connectivity index (χ4n) is 2.84. The predicted molar refractivity (Wildman–Crippen MR) is 81.0 cm³/mol. The smallest absolute Gasteiger partial charge is 0.224 e. The van der Waals surface area contributed by atoms with Crippen LogP contribution in [-0.2, 0) is 11.2 Å². The first-order chi connectivity index (χ1) is 9.58. The van der Waals surface area contributed by atoms with Crippen molar-refractivity contribution in [2.24, 2.45) is 5.92 Å². The molecule has 0 unspecified atom stereocenters. The molecule has 0 spiro atoms. The first-order valence-electron chi connectivity index (χ1n) is 7.51. The minimum Gasteiger partial charge on any atom is -0.496 e. The van der Waals surface area contributed by atoms with Crippen molar-refractivity contribution in [1.82, 2.24) is 5.32 Å². The first kappa shape index (κ1) is 14.9. The first-order valence-corrected chi connectivity index (χ1v) is 7.51. The van der Waals surface area contributed by atoms with Gasteiger partial charge >= 0.3 is 0 Å². The molecule has 0 aromatic heterocycles. The van der Waals surface area contributed by atoms with Gasteiger partial charge in [-0.15, -0.1) is 0 Å². The minimum absolute atomic E-state index is 0.121. The lowest BCUT2D eigenvalue weighted by molar-refractivity contribution is -0.121. The molecule has 0 heterocycles. The summed E-state index contributed by atoms with van der Waals surface area (Å²) in [5.74, 6) is 1.78. The number of hydrogen-bond acceptors (Lipinski definition) is 2. The zero-order valence-electron chi connectivity index (χ0n) is 12.7. The number of aryl methyl sites for hydroxylation is 1. The Hall–Kier alpha value is -1.51. The van der Waals surface area contributed by atoms with E-state index in [0.29, 0.717) is 12.5 Å². The van der Waals surface area contributed by atoms with E-state index in [-0.39, 0.29) is 5.91 Å². The van der Waals surface area contributed by atoms with Crippen LogP contribution in [0.1, 0.15) is 43.7 Å². The fraction of sp³-hybridized carbons (Fsp3) is 0.588. The lowest BCUT2D eigenvalue weighted by Gasteiger charge is -2.26. The van der Waals surface area contributed by atoms with Crippen molar-refractivity contribution in [2.45, 2.75) is 52.0 Å². The Bertz CT molecular complexity index is 462. The van der Waals surface area contributed by atoms with Crippen LogP contribution in [0, 0.1) is 12.8 Å². The van der Waals surface area contributed by atoms with Gasteiger partial charge in [-0.2, -0.15) is 0 Å². The molecule has 20 heavy (non-hydrogen) atoms. The van der Waals surface area contributed by atoms with Crippen LogP contribution < -0.4 is 10.1 Å². The lowest BCUT2D eigenvalue weighted by atomic mass is 9.87. The van der Waals surface area contributed by atoms with E-state index in [1.165, 1.54) is 12.8 Å². The van der Waals surface area contributed by atoms with Crippen LogP contribution in [0.4, 0.5) is 0 Å². The summed E-state index contributed by atoms with van der Waals surface area (Å²) in [5, 5.41) is 3.16. The molecule has 1 saturated carbocycles. The molecule has 1 aliphatic carbocycles. The number of amides is 1. The molecule has 3 heteroatoms. The Kier molecular flexibility index (Phi) is 5.05. The Balaban J connectivity index is 1.88. The molecule has 3 nitrogen and oxygen atoms in total. The molecule has 0 radical (unpaired) electrons. The summed E-state index contributed by atoms with van der Waals surface area (Å²) in [6.07, 6.45) is 5.11. The van der Waals surface area contributed by atoms with Gasteiger partial charge in [0, 0.05) is 6.04 Å². The summed E-state index contributed by atoms with van der Waals surface area (Å²) in [6, 6.07) is 6.33. The summed E-state index contributed by atoms with van der Waals surface area (Å²) >= 11 is 0. The molecule has 1 aromatic rings. The molecule has 1 fully saturated rings. The quantitative estimate of drug-likeness (QED) is 0.916. The molecule has 0 aliphatic heterocycles. The van der Waals surface area contributed by atoms with Crippen molar-refractivity contribution in [3.8, 4) is 5.75 Å². The highest BCUT2D eigenvalue weighted by molar-refractivity contribution is 5.79. The van der Waals surface area contributed by atoms with Crippen molar-refractivity contribution in [1.29, 1.82) is 0 Å². The molecule has 110 valence electrons. The fourth-order valence-corrected chi connectivity index (χ4v) is 2.84. The second-order valence-corrected chi connectivity index (χ2v) is 6.01. The van der Waals surface area contributed by atoms with Crippen LogP contribution in [0.5, 0.6) is 5.75 Å². The molecule has 0 atom stereocenters. The number of benzene rings is 1. The summed E-state index contributed by atoms with van der Waals surface area (Å²) in [5.41, 5.74) is 2.10. The highest BCUT2D eigenvalue weighted by atomic mass is 16.5. The third-order valence-corrected chi connectivity index (χ3v) is 4.22. The van der Waals surface area contributed by atoms with Gasteiger partial charge in [-0.25, -0.2) is 0 Å². The summed E-state index contributed by atoms with van der Waals surface area (Å²) in [7, 11) is 1.66. The van der Waals surface area contributed by atoms with Crippen LogP contribution >= 0.6 is 0 Å². The highest BCUT2D eigenvalue weighted by Gasteiger charge is 2.19. The van der Waals surface area contributed by atoms with Crippen LogP contribution in [0.3, 0.4) is 0 Å². The Morgan fingerprint density at radius 3 is 2.65 bits per heavy atom. The normalized spacial score (nSPS) is 22.4. The molecule has 0 bridgehead atoms. The zero-order chi connectivity index (χ0) is 14.5. The molecule has 0 saturated heterocycles. The van der Waals surface area contributed by atoms with Gasteiger partial charge in [-0.1, -0.05) is 19.1 Å². The molecular formula is C17H25NO2. The van der Waals surface area contributed by atoms with Gasteiger partial charge in [0.15, 0.2) is 0 Å². The van der Waals surface area contributed by atoms with Crippen molar-refractivity contribution < 1.29 is 9.53 Å². The number of nitrogens with one attached hydrogen (secondary N) is 1. The minimum atomic E-state index is 0.121. The van der Waals surface area contributed by atoms with Crippen molar-refractivity contribution in [2.75, 3.05) is 7.11 Å². The van der Waals surface area contributed by atoms with E-state index in [1.54, 1.807) is 7.11 Å². The van der Waals surface area contributed by atoms with Gasteiger partial charge in [-0.3, -0.25) is 4.79 Å². The van der Waals surface area contributed by atoms with Crippen molar-refractivity contribution >= 4 is 5.91 Å². The van der Waals surface area contributed by atoms with Crippen LogP contribution in [0.15, 0.2) is 18.2 Å². The molecule has 1 N–H and O–H groups in total. The van der Waals surface area contributed by atoms with E-state index in [9.17, 15) is 4.79 Å². The summed E-state index contributed by atoms with van der Waals surface area (Å²) < 4.78 is 5.30. The van der Waals surface area contributed by atoms with Gasteiger partial charge in [0.2, 0.25) is 5.91 Å². The van der Waals surface area contributed by atoms with E-state index in [1.807, 2.05) is 25.1 Å². The topological polar surface area (TPSA) is 38.3 Å². The van der Waals surface area contributed by atoms with Gasteiger partial charge in [0.05, 0.1) is 13.5 Å². The highest BCUT2D eigenvalue weighted by Crippen LogP contribution is 2.23.